The third-order valence-electron chi connectivity index (χ3n) is 5.11. The molecule has 6 heteroatoms. The second-order valence-electron chi connectivity index (χ2n) is 9.16. The average Bonchev–Trinajstić information content (AvgIpc) is 3.08. The van der Waals surface area contributed by atoms with Gasteiger partial charge in [-0.25, -0.2) is 0 Å². The van der Waals surface area contributed by atoms with Crippen molar-refractivity contribution in [2.45, 2.75) is 72.9 Å². The maximum Gasteiger partial charge on any atom is 0.223 e. The highest BCUT2D eigenvalue weighted by Gasteiger charge is 2.27. The Labute approximate surface area is 186 Å². The molecule has 0 bridgehead atoms. The number of carbonyl (C=O) groups is 2. The predicted octanol–water partition coefficient (Wildman–Crippen LogP) is 4.94. The number of nitrogens with two attached hydrogens (primary N) is 1. The average molecular weight is 434 g/mol. The molecule has 2 unspecified atom stereocenters. The fourth-order valence-corrected chi connectivity index (χ4v) is 4.18. The Morgan fingerprint density at radius 1 is 1.33 bits per heavy atom. The molecule has 0 aliphatic carbocycles. The summed E-state index contributed by atoms with van der Waals surface area (Å²) in [5, 5.41) is 2.72. The van der Waals surface area contributed by atoms with Crippen LogP contribution in [-0.2, 0) is 9.59 Å². The van der Waals surface area contributed by atoms with Crippen molar-refractivity contribution >= 4 is 29.0 Å². The number of hydrogen-bond acceptors (Lipinski definition) is 4. The quantitative estimate of drug-likeness (QED) is 0.623. The molecule has 1 fully saturated rings. The maximum absolute atomic E-state index is 11.8. The normalized spacial score (nSPS) is 18.1. The van der Waals surface area contributed by atoms with Crippen molar-refractivity contribution in [3.63, 3.8) is 0 Å². The van der Waals surface area contributed by atoms with Crippen LogP contribution in [0, 0.1) is 5.41 Å². The van der Waals surface area contributed by atoms with Crippen LogP contribution in [0.2, 0.25) is 0 Å². The van der Waals surface area contributed by atoms with Crippen molar-refractivity contribution < 1.29 is 9.59 Å². The predicted molar refractivity (Wildman–Crippen MR) is 129 cm³/mol. The molecule has 0 saturated carbocycles. The first-order valence-corrected chi connectivity index (χ1v) is 11.8. The van der Waals surface area contributed by atoms with Gasteiger partial charge in [-0.05, 0) is 56.4 Å². The van der Waals surface area contributed by atoms with Crippen molar-refractivity contribution in [3.8, 4) is 0 Å². The lowest BCUT2D eigenvalue weighted by molar-refractivity contribution is -0.133. The number of nitrogens with zero attached hydrogens (tertiary/aromatic N) is 1. The lowest BCUT2D eigenvalue weighted by Crippen LogP contribution is -2.35. The molecule has 2 rings (SSSR count). The van der Waals surface area contributed by atoms with E-state index in [0.717, 1.165) is 34.7 Å². The molecule has 5 nitrogen and oxygen atoms in total. The van der Waals surface area contributed by atoms with Gasteiger partial charge in [-0.2, -0.15) is 0 Å². The minimum Gasteiger partial charge on any atom is -0.401 e. The van der Waals surface area contributed by atoms with Crippen LogP contribution in [-0.4, -0.2) is 36.1 Å². The molecular weight excluding hydrogens is 394 g/mol. The number of carbonyl (C=O) groups excluding carboxylic acids is 2. The lowest BCUT2D eigenvalue weighted by Gasteiger charge is -2.26. The molecule has 1 aromatic carbocycles. The first kappa shape index (κ1) is 26.1. The van der Waals surface area contributed by atoms with Gasteiger partial charge in [0.25, 0.3) is 0 Å². The second kappa shape index (κ2) is 12.0. The van der Waals surface area contributed by atoms with Crippen LogP contribution in [0.5, 0.6) is 0 Å². The summed E-state index contributed by atoms with van der Waals surface area (Å²) in [6, 6.07) is 8.57. The van der Waals surface area contributed by atoms with E-state index < -0.39 is 0 Å². The molecule has 0 radical (unpaired) electrons. The highest BCUT2D eigenvalue weighted by molar-refractivity contribution is 8.07. The summed E-state index contributed by atoms with van der Waals surface area (Å²) in [5.41, 5.74) is 8.96. The number of likely N-dealkylation sites (tertiary alicyclic amines) is 1. The van der Waals surface area contributed by atoms with Gasteiger partial charge >= 0.3 is 0 Å². The first-order chi connectivity index (χ1) is 14.0. The molecule has 1 aliphatic heterocycles. The van der Waals surface area contributed by atoms with Crippen LogP contribution in [0.25, 0.3) is 4.91 Å². The number of amides is 2. The minimum absolute atomic E-state index is 0.0298. The molecule has 30 heavy (non-hydrogen) atoms. The molecule has 3 N–H and O–H groups in total. The zero-order valence-corrected chi connectivity index (χ0v) is 20.4. The van der Waals surface area contributed by atoms with E-state index in [1.165, 1.54) is 12.8 Å². The fraction of sp³-hybridized carbons (Fsp3) is 0.583. The van der Waals surface area contributed by atoms with Crippen LogP contribution in [0.3, 0.4) is 0 Å². The Morgan fingerprint density at radius 2 is 1.93 bits per heavy atom. The van der Waals surface area contributed by atoms with Gasteiger partial charge in [-0.3, -0.25) is 9.59 Å². The Kier molecular flexibility index (Phi) is 10.5. The monoisotopic (exact) mass is 433 g/mol. The Balaban J connectivity index is 0.000000311. The summed E-state index contributed by atoms with van der Waals surface area (Å²) in [4.78, 5) is 25.3. The SMILES string of the molecule is CC1CCCN1C(=O)CC(C)(C)C.CS/C(=C(/C)N)c1ccc(C(C)NC=O)cc1. The lowest BCUT2D eigenvalue weighted by atomic mass is 9.91. The van der Waals surface area contributed by atoms with E-state index in [1.54, 1.807) is 11.8 Å². The van der Waals surface area contributed by atoms with Crippen LogP contribution >= 0.6 is 11.8 Å². The van der Waals surface area contributed by atoms with Gasteiger partial charge in [0.05, 0.1) is 6.04 Å². The number of nitrogens with one attached hydrogen (secondary N) is 1. The first-order valence-electron chi connectivity index (χ1n) is 10.6. The number of benzene rings is 1. The maximum atomic E-state index is 11.8. The van der Waals surface area contributed by atoms with Gasteiger partial charge in [0.15, 0.2) is 0 Å². The summed E-state index contributed by atoms with van der Waals surface area (Å²) in [6.45, 7) is 13.3. The topological polar surface area (TPSA) is 75.4 Å². The Bertz CT molecular complexity index is 719. The van der Waals surface area contributed by atoms with Crippen LogP contribution in [0.4, 0.5) is 0 Å². The molecular formula is C24H39N3O2S. The number of thioether (sulfide) groups is 1. The summed E-state index contributed by atoms with van der Waals surface area (Å²) in [6.07, 6.45) is 5.76. The summed E-state index contributed by atoms with van der Waals surface area (Å²) >= 11 is 1.64. The standard InChI is InChI=1S/C13H18N2OS.C11H21NO/c1-9(14)13(17-3)12-6-4-11(5-7-12)10(2)15-8-16;1-9-6-5-7-12(9)10(13)8-11(2,3)4/h4-8,10H,14H2,1-3H3,(H,15,16);9H,5-8H2,1-4H3/b13-9-;. The molecule has 1 aliphatic rings. The summed E-state index contributed by atoms with van der Waals surface area (Å²) in [5.74, 6) is 0.331. The van der Waals surface area contributed by atoms with Crippen LogP contribution in [0.15, 0.2) is 30.0 Å². The Hall–Kier alpha value is -1.95. The summed E-state index contributed by atoms with van der Waals surface area (Å²) in [7, 11) is 0. The molecule has 2 amide bonds. The van der Waals surface area contributed by atoms with Crippen molar-refractivity contribution in [2.24, 2.45) is 11.1 Å². The Morgan fingerprint density at radius 3 is 2.33 bits per heavy atom. The van der Waals surface area contributed by atoms with E-state index in [0.29, 0.717) is 18.4 Å². The van der Waals surface area contributed by atoms with Gasteiger partial charge in [0, 0.05) is 29.6 Å². The third kappa shape index (κ3) is 8.42. The fourth-order valence-electron chi connectivity index (χ4n) is 3.49. The van der Waals surface area contributed by atoms with Gasteiger partial charge in [0.1, 0.15) is 0 Å². The van der Waals surface area contributed by atoms with Crippen molar-refractivity contribution in [3.05, 3.63) is 41.1 Å². The zero-order valence-electron chi connectivity index (χ0n) is 19.6. The van der Waals surface area contributed by atoms with Crippen LogP contribution < -0.4 is 11.1 Å². The van der Waals surface area contributed by atoms with Crippen molar-refractivity contribution in [1.82, 2.24) is 10.2 Å². The largest absolute Gasteiger partial charge is 0.401 e. The molecule has 1 aromatic rings. The third-order valence-corrected chi connectivity index (χ3v) is 6.07. The van der Waals surface area contributed by atoms with E-state index in [2.05, 4.69) is 33.0 Å². The number of rotatable bonds is 6. The zero-order chi connectivity index (χ0) is 22.9. The smallest absolute Gasteiger partial charge is 0.223 e. The molecule has 1 saturated heterocycles. The van der Waals surface area contributed by atoms with Gasteiger partial charge in [-0.15, -0.1) is 11.8 Å². The molecule has 0 spiro atoms. The summed E-state index contributed by atoms with van der Waals surface area (Å²) < 4.78 is 0. The molecule has 168 valence electrons. The van der Waals surface area contributed by atoms with E-state index >= 15 is 0 Å². The van der Waals surface area contributed by atoms with E-state index in [1.807, 2.05) is 49.3 Å². The van der Waals surface area contributed by atoms with Gasteiger partial charge in [-0.1, -0.05) is 45.0 Å². The highest BCUT2D eigenvalue weighted by Crippen LogP contribution is 2.28. The minimum atomic E-state index is 0.0298. The highest BCUT2D eigenvalue weighted by atomic mass is 32.2. The molecule has 1 heterocycles. The van der Waals surface area contributed by atoms with E-state index in [9.17, 15) is 9.59 Å². The second-order valence-corrected chi connectivity index (χ2v) is 9.98. The van der Waals surface area contributed by atoms with E-state index in [-0.39, 0.29) is 11.5 Å². The molecule has 0 aromatic heterocycles. The number of allylic oxidation sites excluding steroid dienone is 1. The van der Waals surface area contributed by atoms with Gasteiger partial charge in [0.2, 0.25) is 12.3 Å². The van der Waals surface area contributed by atoms with Gasteiger partial charge < -0.3 is 16.0 Å². The van der Waals surface area contributed by atoms with Crippen LogP contribution in [0.1, 0.15) is 78.0 Å². The van der Waals surface area contributed by atoms with Crippen molar-refractivity contribution in [1.29, 1.82) is 0 Å². The van der Waals surface area contributed by atoms with E-state index in [4.69, 9.17) is 5.73 Å². The van der Waals surface area contributed by atoms with Crippen molar-refractivity contribution in [2.75, 3.05) is 12.8 Å². The molecule has 2 atom stereocenters. The number of hydrogen-bond donors (Lipinski definition) is 2.